The molecule has 0 amide bonds. The molecule has 1 aliphatic heterocycles. The molecular weight excluding hydrogens is 268 g/mol. The minimum absolute atomic E-state index is 0.294. The van der Waals surface area contributed by atoms with Gasteiger partial charge in [-0.3, -0.25) is 4.98 Å². The van der Waals surface area contributed by atoms with Gasteiger partial charge in [0.1, 0.15) is 11.6 Å². The maximum absolute atomic E-state index is 5.37. The molecule has 0 atom stereocenters. The maximum Gasteiger partial charge on any atom is 0.231 e. The van der Waals surface area contributed by atoms with Crippen molar-refractivity contribution in [3.63, 3.8) is 0 Å². The van der Waals surface area contributed by atoms with E-state index >= 15 is 0 Å². The molecule has 110 valence electrons. The standard InChI is InChI=1S/C15H18N4O2/c1-2-5-17-14-8-16-9-15(19-14)18-7-11-3-4-12-13(6-11)21-10-20-12/h3-4,6,8-9H,2,5,7,10H2,1H3,(H2,17,18,19). The molecule has 2 heterocycles. The van der Waals surface area contributed by atoms with Crippen LogP contribution in [0.1, 0.15) is 18.9 Å². The summed E-state index contributed by atoms with van der Waals surface area (Å²) >= 11 is 0. The van der Waals surface area contributed by atoms with Crippen LogP contribution in [0.2, 0.25) is 0 Å². The van der Waals surface area contributed by atoms with Crippen molar-refractivity contribution in [1.82, 2.24) is 9.97 Å². The van der Waals surface area contributed by atoms with E-state index in [-0.39, 0.29) is 0 Å². The molecule has 0 spiro atoms. The predicted octanol–water partition coefficient (Wildman–Crippen LogP) is 2.64. The number of hydrogen-bond acceptors (Lipinski definition) is 6. The summed E-state index contributed by atoms with van der Waals surface area (Å²) in [6, 6.07) is 5.90. The number of anilines is 2. The van der Waals surface area contributed by atoms with Crippen molar-refractivity contribution >= 4 is 11.6 Å². The number of ether oxygens (including phenoxy) is 2. The molecule has 0 fully saturated rings. The molecule has 0 bridgehead atoms. The number of benzene rings is 1. The summed E-state index contributed by atoms with van der Waals surface area (Å²) in [5, 5.41) is 6.48. The van der Waals surface area contributed by atoms with Crippen LogP contribution in [0.15, 0.2) is 30.6 Å². The van der Waals surface area contributed by atoms with Crippen molar-refractivity contribution in [2.75, 3.05) is 24.0 Å². The first-order valence-electron chi connectivity index (χ1n) is 7.03. The van der Waals surface area contributed by atoms with E-state index in [1.165, 1.54) is 0 Å². The van der Waals surface area contributed by atoms with Crippen LogP contribution in [0.4, 0.5) is 11.6 Å². The molecule has 1 aliphatic rings. The lowest BCUT2D eigenvalue weighted by Crippen LogP contribution is -2.06. The van der Waals surface area contributed by atoms with Gasteiger partial charge >= 0.3 is 0 Å². The van der Waals surface area contributed by atoms with Crippen LogP contribution in [0, 0.1) is 0 Å². The highest BCUT2D eigenvalue weighted by molar-refractivity contribution is 5.46. The molecule has 3 rings (SSSR count). The van der Waals surface area contributed by atoms with Crippen molar-refractivity contribution < 1.29 is 9.47 Å². The van der Waals surface area contributed by atoms with E-state index in [1.807, 2.05) is 18.2 Å². The Labute approximate surface area is 123 Å². The first-order chi connectivity index (χ1) is 10.3. The summed E-state index contributed by atoms with van der Waals surface area (Å²) in [4.78, 5) is 8.63. The Balaban J connectivity index is 1.62. The first kappa shape index (κ1) is 13.5. The Morgan fingerprint density at radius 2 is 1.90 bits per heavy atom. The Bertz CT molecular complexity index is 618. The maximum atomic E-state index is 5.37. The number of nitrogens with one attached hydrogen (secondary N) is 2. The molecule has 0 saturated carbocycles. The summed E-state index contributed by atoms with van der Waals surface area (Å²) in [7, 11) is 0. The summed E-state index contributed by atoms with van der Waals surface area (Å²) in [5.74, 6) is 3.12. The minimum Gasteiger partial charge on any atom is -0.454 e. The summed E-state index contributed by atoms with van der Waals surface area (Å²) in [6.07, 6.45) is 4.49. The lowest BCUT2D eigenvalue weighted by Gasteiger charge is -2.08. The molecule has 21 heavy (non-hydrogen) atoms. The van der Waals surface area contributed by atoms with Crippen molar-refractivity contribution in [3.05, 3.63) is 36.2 Å². The third-order valence-electron chi connectivity index (χ3n) is 3.10. The molecule has 2 N–H and O–H groups in total. The molecule has 6 heteroatoms. The molecule has 0 unspecified atom stereocenters. The zero-order chi connectivity index (χ0) is 14.5. The first-order valence-corrected chi connectivity index (χ1v) is 7.03. The van der Waals surface area contributed by atoms with Gasteiger partial charge in [0.25, 0.3) is 0 Å². The molecule has 6 nitrogen and oxygen atoms in total. The minimum atomic E-state index is 0.294. The van der Waals surface area contributed by atoms with Gasteiger partial charge in [-0.2, -0.15) is 0 Å². The van der Waals surface area contributed by atoms with E-state index in [9.17, 15) is 0 Å². The highest BCUT2D eigenvalue weighted by atomic mass is 16.7. The Kier molecular flexibility index (Phi) is 4.04. The van der Waals surface area contributed by atoms with Crippen LogP contribution in [0.5, 0.6) is 11.5 Å². The van der Waals surface area contributed by atoms with E-state index in [2.05, 4.69) is 27.5 Å². The fraction of sp³-hybridized carbons (Fsp3) is 0.333. The molecule has 1 aromatic carbocycles. The third kappa shape index (κ3) is 3.34. The number of aromatic nitrogens is 2. The van der Waals surface area contributed by atoms with Crippen LogP contribution >= 0.6 is 0 Å². The quantitative estimate of drug-likeness (QED) is 0.851. The SMILES string of the molecule is CCCNc1cncc(NCc2ccc3c(c2)OCO3)n1. The van der Waals surface area contributed by atoms with E-state index in [1.54, 1.807) is 12.4 Å². The second-order valence-corrected chi connectivity index (χ2v) is 4.76. The number of hydrogen-bond donors (Lipinski definition) is 2. The predicted molar refractivity (Wildman–Crippen MR) is 80.7 cm³/mol. The average Bonchev–Trinajstić information content (AvgIpc) is 2.99. The highest BCUT2D eigenvalue weighted by Crippen LogP contribution is 2.32. The highest BCUT2D eigenvalue weighted by Gasteiger charge is 2.12. The fourth-order valence-electron chi connectivity index (χ4n) is 2.03. The lowest BCUT2D eigenvalue weighted by atomic mass is 10.2. The summed E-state index contributed by atoms with van der Waals surface area (Å²) in [5.41, 5.74) is 1.10. The van der Waals surface area contributed by atoms with Gasteiger partial charge in [-0.25, -0.2) is 4.98 Å². The van der Waals surface area contributed by atoms with Crippen molar-refractivity contribution in [1.29, 1.82) is 0 Å². The molecule has 0 saturated heterocycles. The van der Waals surface area contributed by atoms with Gasteiger partial charge < -0.3 is 20.1 Å². The van der Waals surface area contributed by atoms with Gasteiger partial charge in [-0.1, -0.05) is 13.0 Å². The zero-order valence-corrected chi connectivity index (χ0v) is 11.9. The van der Waals surface area contributed by atoms with Crippen LogP contribution in [-0.4, -0.2) is 23.3 Å². The Hall–Kier alpha value is -2.50. The van der Waals surface area contributed by atoms with E-state index in [0.29, 0.717) is 13.3 Å². The van der Waals surface area contributed by atoms with Gasteiger partial charge in [0.05, 0.1) is 12.4 Å². The van der Waals surface area contributed by atoms with E-state index in [4.69, 9.17) is 9.47 Å². The molecule has 0 radical (unpaired) electrons. The monoisotopic (exact) mass is 286 g/mol. The lowest BCUT2D eigenvalue weighted by molar-refractivity contribution is 0.174. The van der Waals surface area contributed by atoms with Crippen LogP contribution in [-0.2, 0) is 6.54 Å². The Morgan fingerprint density at radius 3 is 2.76 bits per heavy atom. The Morgan fingerprint density at radius 1 is 1.10 bits per heavy atom. The van der Waals surface area contributed by atoms with Crippen LogP contribution in [0.25, 0.3) is 0 Å². The van der Waals surface area contributed by atoms with Gasteiger partial charge in [0.15, 0.2) is 11.5 Å². The largest absolute Gasteiger partial charge is 0.454 e. The van der Waals surface area contributed by atoms with Gasteiger partial charge in [-0.05, 0) is 24.1 Å². The van der Waals surface area contributed by atoms with Crippen molar-refractivity contribution in [2.24, 2.45) is 0 Å². The third-order valence-corrected chi connectivity index (χ3v) is 3.10. The molecule has 2 aromatic rings. The van der Waals surface area contributed by atoms with E-state index in [0.717, 1.165) is 41.7 Å². The zero-order valence-electron chi connectivity index (χ0n) is 11.9. The van der Waals surface area contributed by atoms with Crippen LogP contribution in [0.3, 0.4) is 0 Å². The molecule has 1 aromatic heterocycles. The number of fused-ring (bicyclic) bond motifs is 1. The smallest absolute Gasteiger partial charge is 0.231 e. The van der Waals surface area contributed by atoms with E-state index < -0.39 is 0 Å². The summed E-state index contributed by atoms with van der Waals surface area (Å²) < 4.78 is 10.7. The second-order valence-electron chi connectivity index (χ2n) is 4.76. The fourth-order valence-corrected chi connectivity index (χ4v) is 2.03. The van der Waals surface area contributed by atoms with Crippen molar-refractivity contribution in [2.45, 2.75) is 19.9 Å². The van der Waals surface area contributed by atoms with Crippen molar-refractivity contribution in [3.8, 4) is 11.5 Å². The van der Waals surface area contributed by atoms with Gasteiger partial charge in [0, 0.05) is 13.1 Å². The molecule has 0 aliphatic carbocycles. The second kappa shape index (κ2) is 6.30. The average molecular weight is 286 g/mol. The molecular formula is C15H18N4O2. The van der Waals surface area contributed by atoms with Gasteiger partial charge in [-0.15, -0.1) is 0 Å². The normalized spacial score (nSPS) is 12.2. The summed E-state index contributed by atoms with van der Waals surface area (Å²) in [6.45, 7) is 3.95. The van der Waals surface area contributed by atoms with Crippen LogP contribution < -0.4 is 20.1 Å². The van der Waals surface area contributed by atoms with Gasteiger partial charge in [0.2, 0.25) is 6.79 Å². The topological polar surface area (TPSA) is 68.3 Å². The number of nitrogens with zero attached hydrogens (tertiary/aromatic N) is 2. The number of rotatable bonds is 6.